The lowest BCUT2D eigenvalue weighted by Crippen LogP contribution is -2.34. The van der Waals surface area contributed by atoms with Crippen LogP contribution in [0.2, 0.25) is 0 Å². The zero-order chi connectivity index (χ0) is 19.6. The van der Waals surface area contributed by atoms with Gasteiger partial charge in [-0.25, -0.2) is 4.39 Å². The molecule has 1 aliphatic rings. The Labute approximate surface area is 171 Å². The van der Waals surface area contributed by atoms with Crippen molar-refractivity contribution >= 4 is 11.9 Å². The zero-order valence-corrected chi connectivity index (χ0v) is 17.2. The van der Waals surface area contributed by atoms with Crippen LogP contribution in [0.5, 0.6) is 5.75 Å². The Morgan fingerprint density at radius 2 is 1.96 bits per heavy atom. The summed E-state index contributed by atoms with van der Waals surface area (Å²) in [6.45, 7) is 4.82. The fraction of sp³-hybridized carbons (Fsp3) is 0.455. The minimum absolute atomic E-state index is 0.176. The van der Waals surface area contributed by atoms with Crippen LogP contribution in [-0.4, -0.2) is 50.9 Å². The van der Waals surface area contributed by atoms with Gasteiger partial charge in [-0.15, -0.1) is 0 Å². The topological polar surface area (TPSA) is 33.7 Å². The molecule has 28 heavy (non-hydrogen) atoms. The molecule has 3 rings (SSSR count). The van der Waals surface area contributed by atoms with Crippen LogP contribution < -0.4 is 9.46 Å². The van der Waals surface area contributed by atoms with Crippen molar-refractivity contribution in [3.63, 3.8) is 0 Å². The first-order valence-corrected chi connectivity index (χ1v) is 10.7. The van der Waals surface area contributed by atoms with E-state index in [2.05, 4.69) is 21.8 Å². The molecule has 6 heteroatoms. The predicted octanol–water partition coefficient (Wildman–Crippen LogP) is 4.15. The van der Waals surface area contributed by atoms with Gasteiger partial charge in [0.2, 0.25) is 0 Å². The van der Waals surface area contributed by atoms with Gasteiger partial charge in [0.05, 0.1) is 13.2 Å². The third-order valence-electron chi connectivity index (χ3n) is 4.81. The maximum Gasteiger partial charge on any atom is 0.123 e. The first kappa shape index (κ1) is 21.1. The molecule has 1 N–H and O–H groups in total. The minimum atomic E-state index is -0.188. The van der Waals surface area contributed by atoms with Crippen molar-refractivity contribution < 1.29 is 13.9 Å². The first-order valence-electron chi connectivity index (χ1n) is 9.85. The SMILES string of the molecule is COc1ccc(SNCCCN2CCCOC(Cc3ccc(F)cc3)C2)cc1. The van der Waals surface area contributed by atoms with Crippen molar-refractivity contribution in [2.75, 3.05) is 39.9 Å². The molecule has 0 radical (unpaired) electrons. The van der Waals surface area contributed by atoms with Crippen LogP contribution in [0.4, 0.5) is 4.39 Å². The Morgan fingerprint density at radius 1 is 1.18 bits per heavy atom. The molecule has 0 aliphatic carbocycles. The maximum atomic E-state index is 13.1. The fourth-order valence-electron chi connectivity index (χ4n) is 3.33. The number of rotatable bonds is 9. The second kappa shape index (κ2) is 11.4. The molecule has 1 fully saturated rings. The monoisotopic (exact) mass is 404 g/mol. The smallest absolute Gasteiger partial charge is 0.123 e. The molecule has 0 spiro atoms. The summed E-state index contributed by atoms with van der Waals surface area (Å²) in [5.41, 5.74) is 1.13. The molecule has 2 aromatic rings. The number of nitrogens with zero attached hydrogens (tertiary/aromatic N) is 1. The van der Waals surface area contributed by atoms with Crippen molar-refractivity contribution in [2.45, 2.75) is 30.3 Å². The van der Waals surface area contributed by atoms with E-state index in [0.29, 0.717) is 0 Å². The van der Waals surface area contributed by atoms with Gasteiger partial charge >= 0.3 is 0 Å². The Bertz CT molecular complexity index is 697. The molecule has 1 saturated heterocycles. The molecular weight excluding hydrogens is 375 g/mol. The summed E-state index contributed by atoms with van der Waals surface area (Å²) in [7, 11) is 1.68. The van der Waals surface area contributed by atoms with Crippen molar-refractivity contribution in [1.82, 2.24) is 9.62 Å². The summed E-state index contributed by atoms with van der Waals surface area (Å²) in [4.78, 5) is 3.67. The highest BCUT2D eigenvalue weighted by molar-refractivity contribution is 7.97. The van der Waals surface area contributed by atoms with Crippen LogP contribution in [0.1, 0.15) is 18.4 Å². The van der Waals surface area contributed by atoms with Crippen LogP contribution in [0.3, 0.4) is 0 Å². The molecule has 0 saturated carbocycles. The summed E-state index contributed by atoms with van der Waals surface area (Å²) in [6, 6.07) is 14.8. The average Bonchev–Trinajstić information content (AvgIpc) is 2.95. The second-order valence-corrected chi connectivity index (χ2v) is 7.97. The molecule has 1 aliphatic heterocycles. The Kier molecular flexibility index (Phi) is 8.61. The van der Waals surface area contributed by atoms with Crippen LogP contribution in [0.25, 0.3) is 0 Å². The maximum absolute atomic E-state index is 13.1. The molecule has 0 aromatic heterocycles. The first-order chi connectivity index (χ1) is 13.7. The van der Waals surface area contributed by atoms with E-state index in [0.717, 1.165) is 63.4 Å². The Balaban J connectivity index is 1.36. The summed E-state index contributed by atoms with van der Waals surface area (Å²) in [5, 5.41) is 0. The Morgan fingerprint density at radius 3 is 2.71 bits per heavy atom. The lowest BCUT2D eigenvalue weighted by Gasteiger charge is -2.23. The van der Waals surface area contributed by atoms with Gasteiger partial charge in [-0.3, -0.25) is 4.72 Å². The normalized spacial score (nSPS) is 18.0. The van der Waals surface area contributed by atoms with E-state index >= 15 is 0 Å². The van der Waals surface area contributed by atoms with Gasteiger partial charge in [-0.05, 0) is 79.7 Å². The molecular formula is C22H29FN2O2S. The quantitative estimate of drug-likeness (QED) is 0.501. The lowest BCUT2D eigenvalue weighted by molar-refractivity contribution is 0.0547. The molecule has 1 atom stereocenters. The van der Waals surface area contributed by atoms with Gasteiger partial charge in [-0.1, -0.05) is 12.1 Å². The van der Waals surface area contributed by atoms with E-state index in [-0.39, 0.29) is 11.9 Å². The highest BCUT2D eigenvalue weighted by Crippen LogP contribution is 2.19. The van der Waals surface area contributed by atoms with Crippen molar-refractivity contribution in [3.8, 4) is 5.75 Å². The van der Waals surface area contributed by atoms with E-state index in [1.54, 1.807) is 19.1 Å². The number of ether oxygens (including phenoxy) is 2. The van der Waals surface area contributed by atoms with Gasteiger partial charge < -0.3 is 14.4 Å². The summed E-state index contributed by atoms with van der Waals surface area (Å²) >= 11 is 1.65. The third kappa shape index (κ3) is 7.09. The van der Waals surface area contributed by atoms with Gasteiger partial charge in [-0.2, -0.15) is 0 Å². The predicted molar refractivity (Wildman–Crippen MR) is 112 cm³/mol. The number of hydrogen-bond acceptors (Lipinski definition) is 5. The van der Waals surface area contributed by atoms with E-state index in [1.807, 2.05) is 24.3 Å². The lowest BCUT2D eigenvalue weighted by atomic mass is 10.1. The van der Waals surface area contributed by atoms with Crippen molar-refractivity contribution in [2.24, 2.45) is 0 Å². The molecule has 1 heterocycles. The molecule has 1 unspecified atom stereocenters. The Hall–Kier alpha value is -1.60. The number of hydrogen-bond donors (Lipinski definition) is 1. The number of methoxy groups -OCH3 is 1. The second-order valence-electron chi connectivity index (χ2n) is 7.00. The molecule has 4 nitrogen and oxygen atoms in total. The zero-order valence-electron chi connectivity index (χ0n) is 16.4. The van der Waals surface area contributed by atoms with Crippen molar-refractivity contribution in [1.29, 1.82) is 0 Å². The standard InChI is InChI=1S/C22H29FN2O2S/c1-26-20-8-10-22(11-9-20)28-24-12-2-13-25-14-3-15-27-21(17-25)16-18-4-6-19(23)7-5-18/h4-11,21,24H,2-3,12-17H2,1H3. The molecule has 0 bridgehead atoms. The van der Waals surface area contributed by atoms with Crippen LogP contribution in [0.15, 0.2) is 53.4 Å². The summed E-state index contributed by atoms with van der Waals surface area (Å²) < 4.78 is 27.7. The van der Waals surface area contributed by atoms with E-state index < -0.39 is 0 Å². The van der Waals surface area contributed by atoms with E-state index in [4.69, 9.17) is 9.47 Å². The fourth-order valence-corrected chi connectivity index (χ4v) is 4.02. The van der Waals surface area contributed by atoms with E-state index in [9.17, 15) is 4.39 Å². The van der Waals surface area contributed by atoms with Crippen LogP contribution in [0, 0.1) is 5.82 Å². The van der Waals surface area contributed by atoms with Gasteiger partial charge in [0.25, 0.3) is 0 Å². The number of halogens is 1. The third-order valence-corrected chi connectivity index (χ3v) is 5.67. The van der Waals surface area contributed by atoms with E-state index in [1.165, 1.54) is 17.0 Å². The summed E-state index contributed by atoms with van der Waals surface area (Å²) in [5.74, 6) is 0.690. The van der Waals surface area contributed by atoms with Gasteiger partial charge in [0.15, 0.2) is 0 Å². The van der Waals surface area contributed by atoms with Gasteiger partial charge in [0, 0.05) is 31.1 Å². The molecule has 0 amide bonds. The highest BCUT2D eigenvalue weighted by atomic mass is 32.2. The van der Waals surface area contributed by atoms with Crippen LogP contribution in [-0.2, 0) is 11.2 Å². The van der Waals surface area contributed by atoms with Crippen LogP contribution >= 0.6 is 11.9 Å². The number of benzene rings is 2. The molecule has 2 aromatic carbocycles. The van der Waals surface area contributed by atoms with Crippen molar-refractivity contribution in [3.05, 3.63) is 59.9 Å². The highest BCUT2D eigenvalue weighted by Gasteiger charge is 2.18. The summed E-state index contributed by atoms with van der Waals surface area (Å²) in [6.07, 6.45) is 3.16. The van der Waals surface area contributed by atoms with Gasteiger partial charge in [0.1, 0.15) is 11.6 Å². The average molecular weight is 405 g/mol. The minimum Gasteiger partial charge on any atom is -0.497 e. The largest absolute Gasteiger partial charge is 0.497 e. The molecule has 152 valence electrons. The number of nitrogens with one attached hydrogen (secondary N) is 1.